The molecule has 6 nitrogen and oxygen atoms in total. The Kier molecular flexibility index (Phi) is 9.73. The number of alkyl halides is 3. The van der Waals surface area contributed by atoms with Gasteiger partial charge in [-0.25, -0.2) is 4.39 Å². The fourth-order valence-corrected chi connectivity index (χ4v) is 3.87. The number of piperidine rings is 1. The highest BCUT2D eigenvalue weighted by atomic mass is 19.4. The standard InChI is InChI=1S/C25H32F4N2O4/c1-17-2-4-21(5-3-17)34-15-19(32)13-30-18-8-10-31(11-9-18)14-20(33)16-35-22-6-7-23(24(26)12-22)25(27,28)29/h2-7,12,18-20,30,32-33H,8-11,13-16H2,1H3/t19-,20+/m0/s1. The van der Waals surface area contributed by atoms with Crippen LogP contribution < -0.4 is 14.8 Å². The monoisotopic (exact) mass is 500 g/mol. The maximum Gasteiger partial charge on any atom is 0.419 e. The minimum atomic E-state index is -4.77. The molecule has 1 fully saturated rings. The maximum absolute atomic E-state index is 13.6. The molecule has 2 atom stereocenters. The van der Waals surface area contributed by atoms with Crippen LogP contribution in [0.25, 0.3) is 0 Å². The first-order valence-corrected chi connectivity index (χ1v) is 11.6. The van der Waals surface area contributed by atoms with Gasteiger partial charge in [-0.15, -0.1) is 0 Å². The predicted molar refractivity (Wildman–Crippen MR) is 123 cm³/mol. The van der Waals surface area contributed by atoms with Crippen molar-refractivity contribution in [3.8, 4) is 11.5 Å². The molecule has 2 aromatic carbocycles. The Morgan fingerprint density at radius 2 is 1.57 bits per heavy atom. The number of nitrogens with zero attached hydrogens (tertiary/aromatic N) is 1. The number of β-amino-alcohol motifs (C(OH)–C–C–N with tert-alkyl or cyclic N) is 1. The average Bonchev–Trinajstić information content (AvgIpc) is 2.81. The molecule has 1 saturated heterocycles. The first-order chi connectivity index (χ1) is 16.6. The van der Waals surface area contributed by atoms with Crippen molar-refractivity contribution in [2.24, 2.45) is 0 Å². The smallest absolute Gasteiger partial charge is 0.419 e. The van der Waals surface area contributed by atoms with Crippen molar-refractivity contribution >= 4 is 0 Å². The molecule has 0 unspecified atom stereocenters. The van der Waals surface area contributed by atoms with Crippen molar-refractivity contribution < 1.29 is 37.2 Å². The molecule has 2 aromatic rings. The van der Waals surface area contributed by atoms with E-state index in [9.17, 15) is 27.8 Å². The number of aliphatic hydroxyl groups is 2. The SMILES string of the molecule is Cc1ccc(OC[C@@H](O)CNC2CCN(C[C@@H](O)COc3ccc(C(F)(F)F)c(F)c3)CC2)cc1. The Morgan fingerprint density at radius 1 is 0.971 bits per heavy atom. The zero-order chi connectivity index (χ0) is 25.4. The van der Waals surface area contributed by atoms with Crippen molar-refractivity contribution in [3.05, 3.63) is 59.4 Å². The first kappa shape index (κ1) is 27.2. The molecule has 3 N–H and O–H groups in total. The quantitative estimate of drug-likeness (QED) is 0.411. The summed E-state index contributed by atoms with van der Waals surface area (Å²) >= 11 is 0. The largest absolute Gasteiger partial charge is 0.491 e. The van der Waals surface area contributed by atoms with Gasteiger partial charge in [-0.2, -0.15) is 13.2 Å². The lowest BCUT2D eigenvalue weighted by Crippen LogP contribution is -2.47. The molecule has 0 aromatic heterocycles. The fourth-order valence-electron chi connectivity index (χ4n) is 3.87. The zero-order valence-electron chi connectivity index (χ0n) is 19.6. The Balaban J connectivity index is 1.30. The molecule has 0 aliphatic carbocycles. The van der Waals surface area contributed by atoms with Gasteiger partial charge in [0.2, 0.25) is 0 Å². The van der Waals surface area contributed by atoms with E-state index in [-0.39, 0.29) is 25.0 Å². The van der Waals surface area contributed by atoms with E-state index < -0.39 is 29.8 Å². The third-order valence-corrected chi connectivity index (χ3v) is 5.85. The average molecular weight is 501 g/mol. The highest BCUT2D eigenvalue weighted by Gasteiger charge is 2.34. The molecule has 1 heterocycles. The van der Waals surface area contributed by atoms with Crippen LogP contribution in [0.5, 0.6) is 11.5 Å². The molecule has 194 valence electrons. The minimum Gasteiger partial charge on any atom is -0.491 e. The summed E-state index contributed by atoms with van der Waals surface area (Å²) in [7, 11) is 0. The number of hydrogen-bond donors (Lipinski definition) is 3. The van der Waals surface area contributed by atoms with E-state index in [2.05, 4.69) is 10.2 Å². The Hall–Kier alpha value is -2.40. The van der Waals surface area contributed by atoms with Crippen molar-refractivity contribution in [1.82, 2.24) is 10.2 Å². The third kappa shape index (κ3) is 8.96. The lowest BCUT2D eigenvalue weighted by Gasteiger charge is -2.33. The summed E-state index contributed by atoms with van der Waals surface area (Å²) < 4.78 is 62.4. The molecule has 0 amide bonds. The summed E-state index contributed by atoms with van der Waals surface area (Å²) in [5.41, 5.74) is -0.214. The van der Waals surface area contributed by atoms with Crippen LogP contribution in [0.15, 0.2) is 42.5 Å². The molecule has 1 aliphatic heterocycles. The highest BCUT2D eigenvalue weighted by Crippen LogP contribution is 2.32. The minimum absolute atomic E-state index is 0.0672. The van der Waals surface area contributed by atoms with Crippen LogP contribution in [-0.4, -0.2) is 72.8 Å². The van der Waals surface area contributed by atoms with Crippen molar-refractivity contribution in [2.75, 3.05) is 39.4 Å². The van der Waals surface area contributed by atoms with Crippen LogP contribution in [0.3, 0.4) is 0 Å². The van der Waals surface area contributed by atoms with E-state index >= 15 is 0 Å². The van der Waals surface area contributed by atoms with Gasteiger partial charge in [0.05, 0.1) is 5.56 Å². The van der Waals surface area contributed by atoms with E-state index in [0.717, 1.165) is 37.6 Å². The molecule has 0 bridgehead atoms. The van der Waals surface area contributed by atoms with E-state index in [4.69, 9.17) is 9.47 Å². The summed E-state index contributed by atoms with van der Waals surface area (Å²) in [4.78, 5) is 2.07. The van der Waals surface area contributed by atoms with Gasteiger partial charge < -0.3 is 29.9 Å². The van der Waals surface area contributed by atoms with E-state index in [1.54, 1.807) is 0 Å². The van der Waals surface area contributed by atoms with Crippen molar-refractivity contribution in [3.63, 3.8) is 0 Å². The lowest BCUT2D eigenvalue weighted by atomic mass is 10.0. The summed E-state index contributed by atoms with van der Waals surface area (Å²) in [6, 6.07) is 10.2. The second-order valence-corrected chi connectivity index (χ2v) is 8.87. The fraction of sp³-hybridized carbons (Fsp3) is 0.520. The molecular weight excluding hydrogens is 468 g/mol. The zero-order valence-corrected chi connectivity index (χ0v) is 19.6. The van der Waals surface area contributed by atoms with E-state index in [1.165, 1.54) is 0 Å². The van der Waals surface area contributed by atoms with Crippen molar-refractivity contribution in [2.45, 2.75) is 44.2 Å². The van der Waals surface area contributed by atoms with Gasteiger partial charge in [-0.3, -0.25) is 0 Å². The molecule has 10 heteroatoms. The molecule has 0 radical (unpaired) electrons. The van der Waals surface area contributed by atoms with Gasteiger partial charge in [0.25, 0.3) is 0 Å². The number of nitrogens with one attached hydrogen (secondary N) is 1. The normalized spacial score (nSPS) is 17.2. The number of likely N-dealkylation sites (tertiary alicyclic amines) is 1. The maximum atomic E-state index is 13.6. The summed E-state index contributed by atoms with van der Waals surface area (Å²) in [6.45, 7) is 4.26. The number of ether oxygens (including phenoxy) is 2. The first-order valence-electron chi connectivity index (χ1n) is 11.6. The Bertz CT molecular complexity index is 919. The van der Waals surface area contributed by atoms with Crippen LogP contribution in [0.2, 0.25) is 0 Å². The van der Waals surface area contributed by atoms with Gasteiger partial charge in [-0.1, -0.05) is 17.7 Å². The number of aliphatic hydroxyl groups excluding tert-OH is 2. The lowest BCUT2D eigenvalue weighted by molar-refractivity contribution is -0.140. The Morgan fingerprint density at radius 3 is 2.20 bits per heavy atom. The second-order valence-electron chi connectivity index (χ2n) is 8.87. The van der Waals surface area contributed by atoms with Crippen LogP contribution >= 0.6 is 0 Å². The summed E-state index contributed by atoms with van der Waals surface area (Å²) in [5.74, 6) is -0.762. The predicted octanol–water partition coefficient (Wildman–Crippen LogP) is 3.39. The molecule has 35 heavy (non-hydrogen) atoms. The van der Waals surface area contributed by atoms with Gasteiger partial charge in [-0.05, 0) is 57.1 Å². The van der Waals surface area contributed by atoms with Crippen LogP contribution in [0, 0.1) is 12.7 Å². The van der Waals surface area contributed by atoms with Crippen LogP contribution in [-0.2, 0) is 6.18 Å². The van der Waals surface area contributed by atoms with E-state index in [0.29, 0.717) is 31.0 Å². The summed E-state index contributed by atoms with van der Waals surface area (Å²) in [6.07, 6.45) is -4.60. The molecule has 3 rings (SSSR count). The number of hydrogen-bond acceptors (Lipinski definition) is 6. The number of rotatable bonds is 11. The molecule has 0 spiro atoms. The van der Waals surface area contributed by atoms with Crippen LogP contribution in [0.4, 0.5) is 17.6 Å². The third-order valence-electron chi connectivity index (χ3n) is 5.85. The number of aryl methyl sites for hydroxylation is 1. The Labute approximate surface area is 202 Å². The number of benzene rings is 2. The molecule has 0 saturated carbocycles. The highest BCUT2D eigenvalue weighted by molar-refractivity contribution is 5.30. The van der Waals surface area contributed by atoms with E-state index in [1.807, 2.05) is 31.2 Å². The molecular formula is C25H32F4N2O4. The second kappa shape index (κ2) is 12.5. The van der Waals surface area contributed by atoms with Gasteiger partial charge in [0.15, 0.2) is 0 Å². The van der Waals surface area contributed by atoms with Crippen LogP contribution in [0.1, 0.15) is 24.0 Å². The number of halogens is 4. The van der Waals surface area contributed by atoms with Crippen molar-refractivity contribution in [1.29, 1.82) is 0 Å². The van der Waals surface area contributed by atoms with Gasteiger partial charge in [0.1, 0.15) is 42.7 Å². The van der Waals surface area contributed by atoms with Gasteiger partial charge >= 0.3 is 6.18 Å². The molecule has 1 aliphatic rings. The summed E-state index contributed by atoms with van der Waals surface area (Å²) in [5, 5.41) is 23.7. The van der Waals surface area contributed by atoms with Gasteiger partial charge in [0, 0.05) is 25.2 Å². The topological polar surface area (TPSA) is 74.2 Å².